The quantitative estimate of drug-likeness (QED) is 0.0348. The Hall–Kier alpha value is -1.89. The Bertz CT molecular complexity index is 757. The van der Waals surface area contributed by atoms with E-state index in [1.165, 1.54) is 96.3 Å². The van der Waals surface area contributed by atoms with E-state index in [0.29, 0.717) is 32.2 Å². The number of amides is 1. The van der Waals surface area contributed by atoms with Crippen molar-refractivity contribution in [3.63, 3.8) is 0 Å². The number of nitrogens with two attached hydrogens (primary N) is 1. The lowest BCUT2D eigenvalue weighted by Gasteiger charge is -2.18. The van der Waals surface area contributed by atoms with Crippen LogP contribution in [0.15, 0.2) is 12.2 Å². The largest absolute Gasteiger partial charge is 0.480 e. The van der Waals surface area contributed by atoms with Crippen LogP contribution >= 0.6 is 0 Å². The third-order valence-corrected chi connectivity index (χ3v) is 9.08. The zero-order chi connectivity index (χ0) is 34.6. The Kier molecular flexibility index (Phi) is 34.0. The van der Waals surface area contributed by atoms with Gasteiger partial charge in [-0.15, -0.1) is 0 Å². The van der Waals surface area contributed by atoms with E-state index in [4.69, 9.17) is 10.5 Å². The zero-order valence-electron chi connectivity index (χ0n) is 30.9. The van der Waals surface area contributed by atoms with E-state index >= 15 is 0 Å². The molecule has 0 heterocycles. The molecule has 0 aliphatic rings. The van der Waals surface area contributed by atoms with Gasteiger partial charge in [0.2, 0.25) is 5.91 Å². The predicted molar refractivity (Wildman–Crippen MR) is 197 cm³/mol. The van der Waals surface area contributed by atoms with Crippen molar-refractivity contribution in [1.82, 2.24) is 5.32 Å². The summed E-state index contributed by atoms with van der Waals surface area (Å²) in [5.41, 5.74) is 5.47. The van der Waals surface area contributed by atoms with Gasteiger partial charge in [-0.1, -0.05) is 135 Å². The first-order valence-corrected chi connectivity index (χ1v) is 20.0. The van der Waals surface area contributed by atoms with Crippen molar-refractivity contribution in [2.24, 2.45) is 5.73 Å². The molecule has 47 heavy (non-hydrogen) atoms. The molecule has 0 spiro atoms. The third-order valence-electron chi connectivity index (χ3n) is 9.08. The summed E-state index contributed by atoms with van der Waals surface area (Å²) in [6.45, 7) is 4.92. The van der Waals surface area contributed by atoms with Crippen molar-refractivity contribution in [3.05, 3.63) is 12.2 Å². The molecule has 0 bridgehead atoms. The molecule has 0 saturated heterocycles. The number of hydrogen-bond donors (Lipinski definition) is 3. The van der Waals surface area contributed by atoms with E-state index in [9.17, 15) is 19.5 Å². The number of carbonyl (C=O) groups is 3. The number of esters is 1. The summed E-state index contributed by atoms with van der Waals surface area (Å²) in [5.74, 6) is -1.25. The van der Waals surface area contributed by atoms with Crippen LogP contribution in [0, 0.1) is 0 Å². The lowest BCUT2D eigenvalue weighted by molar-refractivity contribution is -0.150. The Morgan fingerprint density at radius 1 is 0.596 bits per heavy atom. The second-order valence-corrected chi connectivity index (χ2v) is 13.7. The molecule has 4 N–H and O–H groups in total. The molecule has 0 rings (SSSR count). The summed E-state index contributed by atoms with van der Waals surface area (Å²) in [6, 6.07) is -0.855. The van der Waals surface area contributed by atoms with Gasteiger partial charge in [-0.25, -0.2) is 4.79 Å². The molecule has 0 radical (unpaired) electrons. The monoisotopic (exact) mass is 665 g/mol. The minimum Gasteiger partial charge on any atom is -0.480 e. The zero-order valence-corrected chi connectivity index (χ0v) is 30.9. The highest BCUT2D eigenvalue weighted by Crippen LogP contribution is 2.18. The lowest BCUT2D eigenvalue weighted by atomic mass is 10.0. The summed E-state index contributed by atoms with van der Waals surface area (Å²) in [6.07, 6.45) is 36.8. The van der Waals surface area contributed by atoms with Gasteiger partial charge in [0, 0.05) is 12.8 Å². The van der Waals surface area contributed by atoms with Gasteiger partial charge >= 0.3 is 11.9 Å². The number of aliphatic carboxylic acids is 1. The van der Waals surface area contributed by atoms with Crippen LogP contribution in [-0.4, -0.2) is 41.6 Å². The highest BCUT2D eigenvalue weighted by molar-refractivity contribution is 5.83. The fourth-order valence-electron chi connectivity index (χ4n) is 6.04. The smallest absolute Gasteiger partial charge is 0.326 e. The number of hydrogen-bond acceptors (Lipinski definition) is 5. The van der Waals surface area contributed by atoms with Gasteiger partial charge < -0.3 is 20.9 Å². The van der Waals surface area contributed by atoms with Crippen molar-refractivity contribution in [2.75, 3.05) is 6.54 Å². The fourth-order valence-corrected chi connectivity index (χ4v) is 6.04. The van der Waals surface area contributed by atoms with Crippen LogP contribution in [0.2, 0.25) is 0 Å². The molecule has 276 valence electrons. The maximum absolute atomic E-state index is 12.7. The highest BCUT2D eigenvalue weighted by atomic mass is 16.5. The number of nitrogens with one attached hydrogen (secondary N) is 1. The molecular weight excluding hydrogens is 588 g/mol. The molecule has 2 atom stereocenters. The second-order valence-electron chi connectivity index (χ2n) is 13.7. The van der Waals surface area contributed by atoms with Crippen LogP contribution in [0.4, 0.5) is 0 Å². The van der Waals surface area contributed by atoms with Crippen LogP contribution in [0.1, 0.15) is 206 Å². The van der Waals surface area contributed by atoms with Crippen molar-refractivity contribution in [2.45, 2.75) is 219 Å². The number of allylic oxidation sites excluding steroid dienone is 2. The number of carboxylic acid groups (broad SMARTS) is 1. The number of carbonyl (C=O) groups excluding carboxylic acids is 2. The molecule has 0 aliphatic heterocycles. The molecule has 7 heteroatoms. The molecule has 1 amide bonds. The van der Waals surface area contributed by atoms with E-state index < -0.39 is 12.0 Å². The van der Waals surface area contributed by atoms with Gasteiger partial charge in [0.15, 0.2) is 0 Å². The summed E-state index contributed by atoms with van der Waals surface area (Å²) in [4.78, 5) is 36.2. The molecular formula is C40H76N2O5. The number of carboxylic acids is 1. The molecule has 7 nitrogen and oxygen atoms in total. The fraction of sp³-hybridized carbons (Fsp3) is 0.875. The van der Waals surface area contributed by atoms with Gasteiger partial charge in [-0.05, 0) is 77.2 Å². The van der Waals surface area contributed by atoms with Gasteiger partial charge in [-0.3, -0.25) is 9.59 Å². The van der Waals surface area contributed by atoms with Crippen molar-refractivity contribution >= 4 is 17.8 Å². The second kappa shape index (κ2) is 35.4. The van der Waals surface area contributed by atoms with Crippen LogP contribution in [-0.2, 0) is 19.1 Å². The number of unbranched alkanes of at least 4 members (excludes halogenated alkanes) is 20. The van der Waals surface area contributed by atoms with Crippen molar-refractivity contribution in [3.8, 4) is 0 Å². The van der Waals surface area contributed by atoms with Crippen LogP contribution < -0.4 is 11.1 Å². The van der Waals surface area contributed by atoms with Crippen LogP contribution in [0.5, 0.6) is 0 Å². The minimum absolute atomic E-state index is 0.00941. The first-order valence-electron chi connectivity index (χ1n) is 20.0. The Balaban J connectivity index is 4.35. The maximum Gasteiger partial charge on any atom is 0.326 e. The van der Waals surface area contributed by atoms with Gasteiger partial charge in [-0.2, -0.15) is 0 Å². The van der Waals surface area contributed by atoms with Crippen molar-refractivity contribution in [1.29, 1.82) is 0 Å². The topological polar surface area (TPSA) is 119 Å². The summed E-state index contributed by atoms with van der Waals surface area (Å²) in [5, 5.41) is 11.9. The van der Waals surface area contributed by atoms with Crippen LogP contribution in [0.25, 0.3) is 0 Å². The van der Waals surface area contributed by atoms with E-state index in [1.807, 2.05) is 0 Å². The molecule has 2 unspecified atom stereocenters. The maximum atomic E-state index is 12.7. The minimum atomic E-state index is -1.00. The molecule has 0 fully saturated rings. The number of rotatable bonds is 36. The van der Waals surface area contributed by atoms with E-state index in [2.05, 4.69) is 31.3 Å². The van der Waals surface area contributed by atoms with Crippen LogP contribution in [0.3, 0.4) is 0 Å². The normalized spacial score (nSPS) is 12.7. The van der Waals surface area contributed by atoms with E-state index in [-0.39, 0.29) is 18.0 Å². The molecule has 0 aliphatic carbocycles. The average Bonchev–Trinajstić information content (AvgIpc) is 3.05. The first kappa shape index (κ1) is 45.1. The molecule has 0 aromatic carbocycles. The van der Waals surface area contributed by atoms with Gasteiger partial charge in [0.05, 0.1) is 0 Å². The van der Waals surface area contributed by atoms with Gasteiger partial charge in [0.1, 0.15) is 12.1 Å². The SMILES string of the molecule is CCCCCCCC/C=C\CCCC(CCCCCCCC(=O)NC(CCCN)C(=O)O)OC(=O)CCCCCCCCCCCC. The Labute approximate surface area is 290 Å². The lowest BCUT2D eigenvalue weighted by Crippen LogP contribution is -2.40. The molecule has 0 aromatic rings. The average molecular weight is 665 g/mol. The van der Waals surface area contributed by atoms with Gasteiger partial charge in [0.25, 0.3) is 0 Å². The first-order chi connectivity index (χ1) is 22.9. The standard InChI is InChI=1S/C40H76N2O5/c1-3-5-7-9-11-13-15-16-18-21-25-30-36(47-39(44)34-28-24-19-17-14-12-10-8-6-4-2)31-26-22-20-23-27-33-38(43)42-37(40(45)46)32-29-35-41/h16,18,36-37H,3-15,17,19-35,41H2,1-2H3,(H,42,43)(H,45,46)/b18-16-. The predicted octanol–water partition coefficient (Wildman–Crippen LogP) is 10.7. The molecule has 0 aromatic heterocycles. The Morgan fingerprint density at radius 3 is 1.62 bits per heavy atom. The Morgan fingerprint density at radius 2 is 1.06 bits per heavy atom. The number of ether oxygens (including phenoxy) is 1. The summed E-state index contributed by atoms with van der Waals surface area (Å²) >= 11 is 0. The molecule has 0 saturated carbocycles. The summed E-state index contributed by atoms with van der Waals surface area (Å²) in [7, 11) is 0. The third kappa shape index (κ3) is 32.4. The van der Waals surface area contributed by atoms with E-state index in [1.54, 1.807) is 0 Å². The van der Waals surface area contributed by atoms with E-state index in [0.717, 1.165) is 70.6 Å². The highest BCUT2D eigenvalue weighted by Gasteiger charge is 2.19. The summed E-state index contributed by atoms with van der Waals surface area (Å²) < 4.78 is 6.00. The van der Waals surface area contributed by atoms with Crippen molar-refractivity contribution < 1.29 is 24.2 Å².